The number of fused-ring (bicyclic) bond motifs is 1. The van der Waals surface area contributed by atoms with Crippen molar-refractivity contribution in [2.45, 2.75) is 45.8 Å². The number of aromatic nitrogens is 3. The van der Waals surface area contributed by atoms with Crippen molar-refractivity contribution in [3.63, 3.8) is 0 Å². The fourth-order valence-corrected chi connectivity index (χ4v) is 3.38. The Balaban J connectivity index is 1.55. The normalized spacial score (nSPS) is 13.2. The van der Waals surface area contributed by atoms with Crippen molar-refractivity contribution in [3.8, 4) is 17.1 Å². The summed E-state index contributed by atoms with van der Waals surface area (Å²) in [5.74, 6) is 1.42. The molecule has 1 aliphatic heterocycles. The van der Waals surface area contributed by atoms with Crippen LogP contribution >= 0.6 is 0 Å². The summed E-state index contributed by atoms with van der Waals surface area (Å²) >= 11 is 0. The van der Waals surface area contributed by atoms with Crippen LogP contribution in [-0.4, -0.2) is 26.5 Å². The van der Waals surface area contributed by atoms with E-state index in [1.165, 1.54) is 19.0 Å². The first kappa shape index (κ1) is 18.2. The number of hydrogen-bond acceptors (Lipinski definition) is 4. The molecule has 0 spiro atoms. The number of nitrogens with zero attached hydrogens (tertiary/aromatic N) is 3. The van der Waals surface area contributed by atoms with E-state index in [0.29, 0.717) is 11.4 Å². The molecule has 2 aromatic heterocycles. The summed E-state index contributed by atoms with van der Waals surface area (Å²) in [7, 11) is 0. The molecule has 3 aromatic rings. The second kappa shape index (κ2) is 7.84. The Morgan fingerprint density at radius 1 is 1.18 bits per heavy atom. The molecule has 1 aromatic carbocycles. The molecule has 0 fully saturated rings. The van der Waals surface area contributed by atoms with Gasteiger partial charge in [0.25, 0.3) is 5.91 Å². The van der Waals surface area contributed by atoms with E-state index in [-0.39, 0.29) is 12.0 Å². The van der Waals surface area contributed by atoms with Gasteiger partial charge in [0.2, 0.25) is 5.88 Å². The Morgan fingerprint density at radius 3 is 2.79 bits per heavy atom. The quantitative estimate of drug-likeness (QED) is 0.720. The summed E-state index contributed by atoms with van der Waals surface area (Å²) in [5.41, 5.74) is 3.04. The highest BCUT2D eigenvalue weighted by Crippen LogP contribution is 2.29. The summed E-state index contributed by atoms with van der Waals surface area (Å²) in [6.07, 6.45) is 7.03. The van der Waals surface area contributed by atoms with E-state index in [4.69, 9.17) is 9.72 Å². The molecule has 0 radical (unpaired) electrons. The van der Waals surface area contributed by atoms with Gasteiger partial charge >= 0.3 is 0 Å². The molecule has 1 aliphatic rings. The topological polar surface area (TPSA) is 69.0 Å². The fourth-order valence-electron chi connectivity index (χ4n) is 3.38. The van der Waals surface area contributed by atoms with Crippen LogP contribution < -0.4 is 10.1 Å². The van der Waals surface area contributed by atoms with Gasteiger partial charge < -0.3 is 14.6 Å². The molecule has 6 heteroatoms. The van der Waals surface area contributed by atoms with Gasteiger partial charge in [-0.25, -0.2) is 9.97 Å². The third-order valence-electron chi connectivity index (χ3n) is 4.71. The highest BCUT2D eigenvalue weighted by Gasteiger charge is 2.16. The molecule has 0 bridgehead atoms. The number of amides is 1. The number of hydrogen-bond donors (Lipinski definition) is 1. The van der Waals surface area contributed by atoms with Crippen molar-refractivity contribution in [1.29, 1.82) is 0 Å². The minimum absolute atomic E-state index is 0.0415. The van der Waals surface area contributed by atoms with Crippen molar-refractivity contribution in [3.05, 3.63) is 60.2 Å². The van der Waals surface area contributed by atoms with Crippen molar-refractivity contribution in [2.24, 2.45) is 0 Å². The fraction of sp³-hybridized carbons (Fsp3) is 0.318. The lowest BCUT2D eigenvalue weighted by atomic mass is 10.1. The SMILES string of the molecule is CC(C)Oc1ccc(C(=O)Nc2ccccc2-c2cn3c(n2)CCCC3)cn1. The Bertz CT molecular complexity index is 953. The lowest BCUT2D eigenvalue weighted by molar-refractivity contribution is 0.102. The Hall–Kier alpha value is -3.15. The van der Waals surface area contributed by atoms with Crippen LogP contribution in [0.1, 0.15) is 42.9 Å². The summed E-state index contributed by atoms with van der Waals surface area (Å²) in [6.45, 7) is 4.88. The monoisotopic (exact) mass is 376 g/mol. The summed E-state index contributed by atoms with van der Waals surface area (Å²) in [6, 6.07) is 11.2. The van der Waals surface area contributed by atoms with Crippen LogP contribution in [0, 0.1) is 0 Å². The minimum Gasteiger partial charge on any atom is -0.475 e. The Labute approximate surface area is 164 Å². The number of imidazole rings is 1. The van der Waals surface area contributed by atoms with Gasteiger partial charge in [0.05, 0.1) is 23.0 Å². The van der Waals surface area contributed by atoms with E-state index >= 15 is 0 Å². The number of nitrogens with one attached hydrogen (secondary N) is 1. The summed E-state index contributed by atoms with van der Waals surface area (Å²) < 4.78 is 7.75. The second-order valence-electron chi connectivity index (χ2n) is 7.24. The van der Waals surface area contributed by atoms with E-state index in [9.17, 15) is 4.79 Å². The molecule has 4 rings (SSSR count). The van der Waals surface area contributed by atoms with Crippen LogP contribution in [0.2, 0.25) is 0 Å². The molecule has 1 amide bonds. The van der Waals surface area contributed by atoms with Crippen molar-refractivity contribution in [1.82, 2.24) is 14.5 Å². The zero-order valence-electron chi connectivity index (χ0n) is 16.2. The van der Waals surface area contributed by atoms with E-state index in [0.717, 1.165) is 35.7 Å². The average Bonchev–Trinajstić information content (AvgIpc) is 3.12. The largest absolute Gasteiger partial charge is 0.475 e. The van der Waals surface area contributed by atoms with Crippen LogP contribution in [-0.2, 0) is 13.0 Å². The van der Waals surface area contributed by atoms with E-state index in [2.05, 4.69) is 21.1 Å². The predicted octanol–water partition coefficient (Wildman–Crippen LogP) is 4.32. The number of ether oxygens (including phenoxy) is 1. The number of aryl methyl sites for hydroxylation is 2. The van der Waals surface area contributed by atoms with Gasteiger partial charge in [-0.3, -0.25) is 4.79 Å². The molecular weight excluding hydrogens is 352 g/mol. The number of rotatable bonds is 5. The van der Waals surface area contributed by atoms with Crippen molar-refractivity contribution >= 4 is 11.6 Å². The second-order valence-corrected chi connectivity index (χ2v) is 7.24. The van der Waals surface area contributed by atoms with Gasteiger partial charge in [0.15, 0.2) is 0 Å². The van der Waals surface area contributed by atoms with E-state index in [1.807, 2.05) is 38.1 Å². The molecular formula is C22H24N4O2. The number of para-hydroxylation sites is 1. The van der Waals surface area contributed by atoms with Crippen molar-refractivity contribution < 1.29 is 9.53 Å². The summed E-state index contributed by atoms with van der Waals surface area (Å²) in [5, 5.41) is 3.00. The zero-order chi connectivity index (χ0) is 19.5. The first-order chi connectivity index (χ1) is 13.6. The first-order valence-electron chi connectivity index (χ1n) is 9.69. The minimum atomic E-state index is -0.208. The lowest BCUT2D eigenvalue weighted by Gasteiger charge is -2.11. The molecule has 0 atom stereocenters. The number of benzene rings is 1. The number of carbonyl (C=O) groups excluding carboxylic acids is 1. The predicted molar refractivity (Wildman–Crippen MR) is 109 cm³/mol. The molecule has 0 saturated carbocycles. The number of carbonyl (C=O) groups is 1. The molecule has 0 aliphatic carbocycles. The van der Waals surface area contributed by atoms with Gasteiger partial charge in [-0.2, -0.15) is 0 Å². The molecule has 6 nitrogen and oxygen atoms in total. The van der Waals surface area contributed by atoms with E-state index in [1.54, 1.807) is 12.1 Å². The van der Waals surface area contributed by atoms with Crippen LogP contribution in [0.5, 0.6) is 5.88 Å². The maximum Gasteiger partial charge on any atom is 0.257 e. The number of pyridine rings is 1. The van der Waals surface area contributed by atoms with Crippen molar-refractivity contribution in [2.75, 3.05) is 5.32 Å². The van der Waals surface area contributed by atoms with Gasteiger partial charge in [0, 0.05) is 37.0 Å². The maximum absolute atomic E-state index is 12.7. The Morgan fingerprint density at radius 2 is 2.04 bits per heavy atom. The summed E-state index contributed by atoms with van der Waals surface area (Å²) in [4.78, 5) is 21.7. The molecule has 144 valence electrons. The molecule has 0 saturated heterocycles. The average molecular weight is 376 g/mol. The molecule has 28 heavy (non-hydrogen) atoms. The highest BCUT2D eigenvalue weighted by atomic mass is 16.5. The zero-order valence-corrected chi connectivity index (χ0v) is 16.2. The maximum atomic E-state index is 12.7. The molecule has 0 unspecified atom stereocenters. The molecule has 3 heterocycles. The van der Waals surface area contributed by atoms with Crippen LogP contribution in [0.4, 0.5) is 5.69 Å². The van der Waals surface area contributed by atoms with Gasteiger partial charge in [-0.05, 0) is 38.8 Å². The van der Waals surface area contributed by atoms with Crippen LogP contribution in [0.25, 0.3) is 11.3 Å². The van der Waals surface area contributed by atoms with Gasteiger partial charge in [0.1, 0.15) is 5.82 Å². The van der Waals surface area contributed by atoms with E-state index < -0.39 is 0 Å². The highest BCUT2D eigenvalue weighted by molar-refractivity contribution is 6.06. The van der Waals surface area contributed by atoms with Gasteiger partial charge in [-0.15, -0.1) is 0 Å². The third kappa shape index (κ3) is 3.91. The standard InChI is InChI=1S/C22H24N4O2/c1-15(2)28-21-11-10-16(13-23-21)22(27)25-18-8-4-3-7-17(18)19-14-26-12-6-5-9-20(26)24-19/h3-4,7-8,10-11,13-15H,5-6,9,12H2,1-2H3,(H,25,27). The third-order valence-corrected chi connectivity index (χ3v) is 4.71. The van der Waals surface area contributed by atoms with Crippen LogP contribution in [0.15, 0.2) is 48.8 Å². The first-order valence-corrected chi connectivity index (χ1v) is 9.69. The van der Waals surface area contributed by atoms with Gasteiger partial charge in [-0.1, -0.05) is 18.2 Å². The van der Waals surface area contributed by atoms with Crippen LogP contribution in [0.3, 0.4) is 0 Å². The number of anilines is 1. The molecule has 1 N–H and O–H groups in total. The smallest absolute Gasteiger partial charge is 0.257 e. The Kier molecular flexibility index (Phi) is 5.10. The lowest BCUT2D eigenvalue weighted by Crippen LogP contribution is -2.13.